The summed E-state index contributed by atoms with van der Waals surface area (Å²) in [6.07, 6.45) is 7.20. The molecule has 0 amide bonds. The summed E-state index contributed by atoms with van der Waals surface area (Å²) in [4.78, 5) is 5.74. The van der Waals surface area contributed by atoms with Gasteiger partial charge < -0.3 is 5.73 Å². The second-order valence-corrected chi connectivity index (χ2v) is 6.81. The molecule has 0 bridgehead atoms. The van der Waals surface area contributed by atoms with Crippen LogP contribution in [0.4, 0.5) is 0 Å². The van der Waals surface area contributed by atoms with Crippen LogP contribution in [0.1, 0.15) is 62.6 Å². The highest BCUT2D eigenvalue weighted by atomic mass is 35.5. The van der Waals surface area contributed by atoms with Gasteiger partial charge in [0.05, 0.1) is 11.7 Å². The lowest BCUT2D eigenvalue weighted by Crippen LogP contribution is -2.32. The van der Waals surface area contributed by atoms with Gasteiger partial charge in [-0.1, -0.05) is 44.7 Å². The van der Waals surface area contributed by atoms with Gasteiger partial charge in [0.1, 0.15) is 0 Å². The molecule has 1 heterocycles. The van der Waals surface area contributed by atoms with Crippen LogP contribution < -0.4 is 5.73 Å². The second kappa shape index (κ2) is 5.25. The van der Waals surface area contributed by atoms with E-state index in [1.165, 1.54) is 37.0 Å². The fourth-order valence-electron chi connectivity index (χ4n) is 3.06. The molecule has 2 N–H and O–H groups in total. The number of thiazole rings is 1. The van der Waals surface area contributed by atoms with E-state index in [9.17, 15) is 0 Å². The summed E-state index contributed by atoms with van der Waals surface area (Å²) >= 11 is 7.59. The van der Waals surface area contributed by atoms with Crippen molar-refractivity contribution in [2.24, 2.45) is 11.1 Å². The van der Waals surface area contributed by atoms with Gasteiger partial charge in [-0.05, 0) is 24.7 Å². The summed E-state index contributed by atoms with van der Waals surface area (Å²) in [5.74, 6) is 0. The quantitative estimate of drug-likeness (QED) is 0.866. The summed E-state index contributed by atoms with van der Waals surface area (Å²) in [7, 11) is 0. The van der Waals surface area contributed by atoms with Crippen molar-refractivity contribution in [2.75, 3.05) is 0 Å². The number of hydrogen-bond donors (Lipinski definition) is 1. The van der Waals surface area contributed by atoms with Gasteiger partial charge in [-0.2, -0.15) is 0 Å². The third-order valence-electron chi connectivity index (χ3n) is 3.94. The van der Waals surface area contributed by atoms with Gasteiger partial charge in [0, 0.05) is 4.88 Å². The predicted octanol–water partition coefficient (Wildman–Crippen LogP) is 4.33. The summed E-state index contributed by atoms with van der Waals surface area (Å²) in [5, 5.41) is 0. The zero-order chi connectivity index (χ0) is 12.5. The van der Waals surface area contributed by atoms with Crippen LogP contribution in [0.25, 0.3) is 0 Å². The Morgan fingerprint density at radius 1 is 1.41 bits per heavy atom. The maximum atomic E-state index is 6.45. The molecule has 0 fully saturated rings. The second-order valence-electron chi connectivity index (χ2n) is 5.15. The van der Waals surface area contributed by atoms with E-state index in [4.69, 9.17) is 17.3 Å². The maximum absolute atomic E-state index is 6.45. The minimum atomic E-state index is 0.0905. The smallest absolute Gasteiger partial charge is 0.184 e. The lowest BCUT2D eigenvalue weighted by molar-refractivity contribution is 0.196. The molecular weight excluding hydrogens is 252 g/mol. The van der Waals surface area contributed by atoms with Gasteiger partial charge in [-0.25, -0.2) is 4.98 Å². The van der Waals surface area contributed by atoms with Crippen molar-refractivity contribution in [1.29, 1.82) is 0 Å². The minimum Gasteiger partial charge on any atom is -0.322 e. The van der Waals surface area contributed by atoms with E-state index in [1.807, 2.05) is 0 Å². The monoisotopic (exact) mass is 272 g/mol. The standard InChI is InChI=1S/C13H21ClN2S/c1-3-5-7-13(6-4-2)8-9-10(11(13)15)16-12(14)17-9/h11H,3-8,15H2,1-2H3. The number of hydrogen-bond acceptors (Lipinski definition) is 3. The highest BCUT2D eigenvalue weighted by molar-refractivity contribution is 7.15. The molecule has 2 atom stereocenters. The van der Waals surface area contributed by atoms with Crippen LogP contribution in [0.3, 0.4) is 0 Å². The van der Waals surface area contributed by atoms with Crippen LogP contribution in [0, 0.1) is 5.41 Å². The van der Waals surface area contributed by atoms with E-state index in [1.54, 1.807) is 11.3 Å². The van der Waals surface area contributed by atoms with Crippen molar-refractivity contribution < 1.29 is 0 Å². The molecule has 4 heteroatoms. The zero-order valence-electron chi connectivity index (χ0n) is 10.6. The van der Waals surface area contributed by atoms with Crippen LogP contribution in [-0.4, -0.2) is 4.98 Å². The first-order chi connectivity index (χ1) is 8.13. The van der Waals surface area contributed by atoms with Crippen LogP contribution >= 0.6 is 22.9 Å². The Hall–Kier alpha value is -0.120. The molecule has 1 aliphatic carbocycles. The Morgan fingerprint density at radius 3 is 2.76 bits per heavy atom. The average Bonchev–Trinajstić information content (AvgIpc) is 2.75. The summed E-state index contributed by atoms with van der Waals surface area (Å²) in [6.45, 7) is 4.48. The third kappa shape index (κ3) is 2.38. The van der Waals surface area contributed by atoms with Gasteiger partial charge in [0.15, 0.2) is 4.47 Å². The molecule has 96 valence electrons. The minimum absolute atomic E-state index is 0.0905. The fraction of sp³-hybridized carbons (Fsp3) is 0.769. The van der Waals surface area contributed by atoms with Crippen molar-refractivity contribution in [3.63, 3.8) is 0 Å². The Bertz CT molecular complexity index is 391. The molecule has 0 aromatic carbocycles. The number of nitrogens with two attached hydrogens (primary N) is 1. The number of halogens is 1. The summed E-state index contributed by atoms with van der Waals surface area (Å²) in [5.41, 5.74) is 7.78. The third-order valence-corrected chi connectivity index (χ3v) is 5.12. The Balaban J connectivity index is 2.22. The van der Waals surface area contributed by atoms with Gasteiger partial charge in [0.2, 0.25) is 0 Å². The molecule has 0 radical (unpaired) electrons. The van der Waals surface area contributed by atoms with E-state index in [-0.39, 0.29) is 11.5 Å². The van der Waals surface area contributed by atoms with Crippen molar-refractivity contribution >= 4 is 22.9 Å². The molecule has 2 unspecified atom stereocenters. The van der Waals surface area contributed by atoms with E-state index in [0.29, 0.717) is 4.47 Å². The number of fused-ring (bicyclic) bond motifs is 1. The van der Waals surface area contributed by atoms with Crippen LogP contribution in [-0.2, 0) is 6.42 Å². The first kappa shape index (κ1) is 13.3. The number of aromatic nitrogens is 1. The van der Waals surface area contributed by atoms with Crippen molar-refractivity contribution in [3.8, 4) is 0 Å². The van der Waals surface area contributed by atoms with Gasteiger partial charge in [-0.3, -0.25) is 0 Å². The molecule has 1 aromatic rings. The number of unbranched alkanes of at least 4 members (excludes halogenated alkanes) is 1. The predicted molar refractivity (Wildman–Crippen MR) is 74.6 cm³/mol. The number of rotatable bonds is 5. The van der Waals surface area contributed by atoms with E-state index in [0.717, 1.165) is 12.1 Å². The Kier molecular flexibility index (Phi) is 4.11. The fourth-order valence-corrected chi connectivity index (χ4v) is 4.42. The van der Waals surface area contributed by atoms with Gasteiger partial charge in [0.25, 0.3) is 0 Å². The lowest BCUT2D eigenvalue weighted by Gasteiger charge is -2.33. The van der Waals surface area contributed by atoms with Gasteiger partial charge in [-0.15, -0.1) is 11.3 Å². The summed E-state index contributed by atoms with van der Waals surface area (Å²) in [6, 6.07) is 0.0905. The molecule has 2 rings (SSSR count). The SMILES string of the molecule is CCCCC1(CCC)Cc2sc(Cl)nc2C1N. The molecule has 0 aliphatic heterocycles. The maximum Gasteiger partial charge on any atom is 0.184 e. The van der Waals surface area contributed by atoms with Crippen molar-refractivity contribution in [3.05, 3.63) is 15.0 Å². The first-order valence-corrected chi connectivity index (χ1v) is 7.73. The molecular formula is C13H21ClN2S. The molecule has 17 heavy (non-hydrogen) atoms. The molecule has 1 aromatic heterocycles. The van der Waals surface area contributed by atoms with Crippen molar-refractivity contribution in [2.45, 2.75) is 58.4 Å². The Morgan fingerprint density at radius 2 is 2.18 bits per heavy atom. The van der Waals surface area contributed by atoms with E-state index < -0.39 is 0 Å². The van der Waals surface area contributed by atoms with Crippen LogP contribution in [0.5, 0.6) is 0 Å². The van der Waals surface area contributed by atoms with Crippen LogP contribution in [0.15, 0.2) is 0 Å². The van der Waals surface area contributed by atoms with E-state index in [2.05, 4.69) is 18.8 Å². The molecule has 2 nitrogen and oxygen atoms in total. The average molecular weight is 273 g/mol. The zero-order valence-corrected chi connectivity index (χ0v) is 12.2. The molecule has 0 spiro atoms. The molecule has 0 saturated heterocycles. The largest absolute Gasteiger partial charge is 0.322 e. The molecule has 0 saturated carbocycles. The lowest BCUT2D eigenvalue weighted by atomic mass is 9.74. The molecule has 1 aliphatic rings. The topological polar surface area (TPSA) is 38.9 Å². The van der Waals surface area contributed by atoms with Crippen molar-refractivity contribution in [1.82, 2.24) is 4.98 Å². The highest BCUT2D eigenvalue weighted by Crippen LogP contribution is 2.52. The number of nitrogens with zero attached hydrogens (tertiary/aromatic N) is 1. The summed E-state index contributed by atoms with van der Waals surface area (Å²) < 4.78 is 0.644. The normalized spacial score (nSPS) is 27.4. The van der Waals surface area contributed by atoms with Gasteiger partial charge >= 0.3 is 0 Å². The van der Waals surface area contributed by atoms with Crippen LogP contribution in [0.2, 0.25) is 4.47 Å². The van der Waals surface area contributed by atoms with E-state index >= 15 is 0 Å². The first-order valence-electron chi connectivity index (χ1n) is 6.53. The highest BCUT2D eigenvalue weighted by Gasteiger charge is 2.45. The Labute approximate surface area is 113 Å².